The summed E-state index contributed by atoms with van der Waals surface area (Å²) < 4.78 is 11.0. The van der Waals surface area contributed by atoms with Gasteiger partial charge in [-0.3, -0.25) is 4.79 Å². The van der Waals surface area contributed by atoms with Crippen molar-refractivity contribution in [1.29, 1.82) is 0 Å². The molecule has 0 aromatic heterocycles. The second-order valence-corrected chi connectivity index (χ2v) is 6.37. The van der Waals surface area contributed by atoms with Crippen molar-refractivity contribution >= 4 is 5.91 Å². The van der Waals surface area contributed by atoms with Crippen LogP contribution in [0.5, 0.6) is 0 Å². The van der Waals surface area contributed by atoms with Crippen molar-refractivity contribution in [2.24, 2.45) is 11.1 Å². The number of carbonyl (C=O) groups excluding carboxylic acids is 1. The van der Waals surface area contributed by atoms with Gasteiger partial charge in [0.15, 0.2) is 0 Å². The maximum absolute atomic E-state index is 12.5. The SMILES string of the molecule is CC1(C)CC(NC(=O)C2(CN)CCOCC2)CCO1. The lowest BCUT2D eigenvalue weighted by atomic mass is 9.79. The third kappa shape index (κ3) is 3.46. The minimum absolute atomic E-state index is 0.0981. The van der Waals surface area contributed by atoms with Gasteiger partial charge in [-0.1, -0.05) is 0 Å². The van der Waals surface area contributed by atoms with E-state index in [0.717, 1.165) is 25.7 Å². The van der Waals surface area contributed by atoms with Crippen molar-refractivity contribution in [2.45, 2.75) is 51.2 Å². The van der Waals surface area contributed by atoms with Gasteiger partial charge in [0.25, 0.3) is 0 Å². The molecule has 0 saturated carbocycles. The molecule has 0 aliphatic carbocycles. The summed E-state index contributed by atoms with van der Waals surface area (Å²) in [7, 11) is 0. The van der Waals surface area contributed by atoms with Crippen LogP contribution in [0.15, 0.2) is 0 Å². The highest BCUT2D eigenvalue weighted by molar-refractivity contribution is 5.83. The first-order valence-electron chi connectivity index (χ1n) is 7.20. The predicted octanol–water partition coefficient (Wildman–Crippen LogP) is 0.816. The van der Waals surface area contributed by atoms with E-state index < -0.39 is 5.41 Å². The van der Waals surface area contributed by atoms with Crippen molar-refractivity contribution in [3.8, 4) is 0 Å². The number of ether oxygens (including phenoxy) is 2. The highest BCUT2D eigenvalue weighted by Crippen LogP contribution is 2.31. The average Bonchev–Trinajstić information content (AvgIpc) is 2.38. The zero-order valence-corrected chi connectivity index (χ0v) is 12.0. The van der Waals surface area contributed by atoms with E-state index in [2.05, 4.69) is 19.2 Å². The van der Waals surface area contributed by atoms with E-state index in [1.54, 1.807) is 0 Å². The van der Waals surface area contributed by atoms with E-state index in [-0.39, 0.29) is 17.6 Å². The number of nitrogens with two attached hydrogens (primary N) is 1. The first kappa shape index (κ1) is 14.8. The Balaban J connectivity index is 1.95. The molecule has 2 rings (SSSR count). The lowest BCUT2D eigenvalue weighted by Crippen LogP contribution is -2.54. The first-order chi connectivity index (χ1) is 8.97. The molecule has 2 fully saturated rings. The van der Waals surface area contributed by atoms with Crippen LogP contribution in [-0.2, 0) is 14.3 Å². The Kier molecular flexibility index (Phi) is 4.48. The molecule has 2 aliphatic heterocycles. The van der Waals surface area contributed by atoms with E-state index >= 15 is 0 Å². The molecule has 0 aromatic rings. The van der Waals surface area contributed by atoms with Gasteiger partial charge in [-0.05, 0) is 39.5 Å². The lowest BCUT2D eigenvalue weighted by molar-refractivity contribution is -0.138. The van der Waals surface area contributed by atoms with Gasteiger partial charge in [0.2, 0.25) is 5.91 Å². The topological polar surface area (TPSA) is 73.6 Å². The van der Waals surface area contributed by atoms with Crippen molar-refractivity contribution in [3.63, 3.8) is 0 Å². The van der Waals surface area contributed by atoms with Crippen molar-refractivity contribution in [1.82, 2.24) is 5.32 Å². The molecule has 5 heteroatoms. The Bertz CT molecular complexity index is 325. The van der Waals surface area contributed by atoms with Gasteiger partial charge in [0.1, 0.15) is 0 Å². The van der Waals surface area contributed by atoms with Gasteiger partial charge in [0, 0.05) is 32.4 Å². The highest BCUT2D eigenvalue weighted by atomic mass is 16.5. The number of hydrogen-bond acceptors (Lipinski definition) is 4. The molecule has 1 amide bonds. The largest absolute Gasteiger partial charge is 0.381 e. The van der Waals surface area contributed by atoms with Gasteiger partial charge < -0.3 is 20.5 Å². The summed E-state index contributed by atoms with van der Waals surface area (Å²) >= 11 is 0. The second kappa shape index (κ2) is 5.77. The molecule has 2 aliphatic rings. The van der Waals surface area contributed by atoms with E-state index in [1.807, 2.05) is 0 Å². The maximum atomic E-state index is 12.5. The first-order valence-corrected chi connectivity index (χ1v) is 7.20. The van der Waals surface area contributed by atoms with Gasteiger partial charge in [-0.2, -0.15) is 0 Å². The monoisotopic (exact) mass is 270 g/mol. The van der Waals surface area contributed by atoms with Crippen molar-refractivity contribution in [3.05, 3.63) is 0 Å². The van der Waals surface area contributed by atoms with Crippen LogP contribution in [-0.4, -0.2) is 43.9 Å². The molecule has 110 valence electrons. The van der Waals surface area contributed by atoms with E-state index in [4.69, 9.17) is 15.2 Å². The number of rotatable bonds is 3. The Morgan fingerprint density at radius 3 is 2.58 bits per heavy atom. The molecule has 0 radical (unpaired) electrons. The van der Waals surface area contributed by atoms with Gasteiger partial charge in [-0.25, -0.2) is 0 Å². The molecule has 1 unspecified atom stereocenters. The molecular weight excluding hydrogens is 244 g/mol. The molecule has 2 heterocycles. The molecule has 0 spiro atoms. The smallest absolute Gasteiger partial charge is 0.227 e. The van der Waals surface area contributed by atoms with Crippen LogP contribution in [0.2, 0.25) is 0 Å². The zero-order chi connectivity index (χ0) is 13.9. The van der Waals surface area contributed by atoms with E-state index in [9.17, 15) is 4.79 Å². The fraction of sp³-hybridized carbons (Fsp3) is 0.929. The Labute approximate surface area is 115 Å². The van der Waals surface area contributed by atoms with E-state index in [0.29, 0.717) is 26.4 Å². The van der Waals surface area contributed by atoms with Crippen LogP contribution < -0.4 is 11.1 Å². The van der Waals surface area contributed by atoms with Crippen molar-refractivity contribution < 1.29 is 14.3 Å². The molecule has 19 heavy (non-hydrogen) atoms. The molecule has 1 atom stereocenters. The second-order valence-electron chi connectivity index (χ2n) is 6.37. The summed E-state index contributed by atoms with van der Waals surface area (Å²) in [6.45, 7) is 6.50. The number of amides is 1. The third-order valence-corrected chi connectivity index (χ3v) is 4.35. The number of nitrogens with one attached hydrogen (secondary N) is 1. The van der Waals surface area contributed by atoms with E-state index in [1.165, 1.54) is 0 Å². The Hall–Kier alpha value is -0.650. The standard InChI is InChI=1S/C14H26N2O3/c1-13(2)9-11(3-6-19-13)16-12(17)14(10-15)4-7-18-8-5-14/h11H,3-10,15H2,1-2H3,(H,16,17). The van der Waals surface area contributed by atoms with Gasteiger partial charge in [0.05, 0.1) is 11.0 Å². The van der Waals surface area contributed by atoms with Gasteiger partial charge >= 0.3 is 0 Å². The fourth-order valence-electron chi connectivity index (χ4n) is 2.98. The Morgan fingerprint density at radius 1 is 1.32 bits per heavy atom. The van der Waals surface area contributed by atoms with Crippen LogP contribution in [0.25, 0.3) is 0 Å². The van der Waals surface area contributed by atoms with Crippen molar-refractivity contribution in [2.75, 3.05) is 26.4 Å². The van der Waals surface area contributed by atoms with Gasteiger partial charge in [-0.15, -0.1) is 0 Å². The molecule has 0 aromatic carbocycles. The van der Waals surface area contributed by atoms with Crippen LogP contribution in [0.4, 0.5) is 0 Å². The predicted molar refractivity (Wildman–Crippen MR) is 72.7 cm³/mol. The summed E-state index contributed by atoms with van der Waals surface area (Å²) in [5, 5.41) is 3.18. The zero-order valence-electron chi connectivity index (χ0n) is 12.0. The Morgan fingerprint density at radius 2 is 2.00 bits per heavy atom. The van der Waals surface area contributed by atoms with Crippen LogP contribution in [0.3, 0.4) is 0 Å². The normalized spacial score (nSPS) is 29.7. The molecule has 3 N–H and O–H groups in total. The van der Waals surface area contributed by atoms with Crippen LogP contribution >= 0.6 is 0 Å². The summed E-state index contributed by atoms with van der Waals surface area (Å²) in [6.07, 6.45) is 3.19. The maximum Gasteiger partial charge on any atom is 0.227 e. The number of hydrogen-bond donors (Lipinski definition) is 2. The molecular formula is C14H26N2O3. The molecule has 2 saturated heterocycles. The minimum atomic E-state index is -0.430. The average molecular weight is 270 g/mol. The third-order valence-electron chi connectivity index (χ3n) is 4.35. The van der Waals surface area contributed by atoms with Crippen LogP contribution in [0, 0.1) is 5.41 Å². The minimum Gasteiger partial charge on any atom is -0.381 e. The summed E-state index contributed by atoms with van der Waals surface area (Å²) in [4.78, 5) is 12.5. The summed E-state index contributed by atoms with van der Waals surface area (Å²) in [5.41, 5.74) is 5.28. The fourth-order valence-corrected chi connectivity index (χ4v) is 2.98. The molecule has 0 bridgehead atoms. The van der Waals surface area contributed by atoms with Crippen LogP contribution in [0.1, 0.15) is 39.5 Å². The molecule has 5 nitrogen and oxygen atoms in total. The summed E-state index contributed by atoms with van der Waals surface area (Å²) in [5.74, 6) is 0.0981. The number of carbonyl (C=O) groups is 1. The quantitative estimate of drug-likeness (QED) is 0.796. The lowest BCUT2D eigenvalue weighted by Gasteiger charge is -2.39. The summed E-state index contributed by atoms with van der Waals surface area (Å²) in [6, 6.07) is 0.197. The highest BCUT2D eigenvalue weighted by Gasteiger charge is 2.40.